The lowest BCUT2D eigenvalue weighted by atomic mass is 10.1. The predicted octanol–water partition coefficient (Wildman–Crippen LogP) is 2.03. The second kappa shape index (κ2) is 7.01. The molecule has 1 aliphatic heterocycles. The fraction of sp³-hybridized carbons (Fsp3) is 0.368. The van der Waals surface area contributed by atoms with Crippen molar-refractivity contribution in [2.75, 3.05) is 31.1 Å². The lowest BCUT2D eigenvalue weighted by Gasteiger charge is -2.23. The minimum absolute atomic E-state index is 0.0234. The van der Waals surface area contributed by atoms with Gasteiger partial charge in [-0.05, 0) is 18.4 Å². The van der Waals surface area contributed by atoms with Crippen molar-refractivity contribution in [3.8, 4) is 0 Å². The molecule has 126 valence electrons. The minimum atomic E-state index is -0.344. The number of carbonyl (C=O) groups is 2. The van der Waals surface area contributed by atoms with E-state index >= 15 is 0 Å². The standard InChI is InChI=1S/C19H22N2O3/c1-2-20(10-11-22)19(24)15-12-18(23)21(13-15)17-9-5-7-14-6-3-4-8-16(14)17/h3-9,15,22H,2,10-13H2,1H3. The van der Waals surface area contributed by atoms with Crippen molar-refractivity contribution in [2.24, 2.45) is 5.92 Å². The van der Waals surface area contributed by atoms with Gasteiger partial charge in [-0.15, -0.1) is 0 Å². The molecular formula is C19H22N2O3. The van der Waals surface area contributed by atoms with E-state index < -0.39 is 0 Å². The molecule has 0 radical (unpaired) electrons. The molecule has 1 fully saturated rings. The second-order valence-electron chi connectivity index (χ2n) is 6.05. The summed E-state index contributed by atoms with van der Waals surface area (Å²) in [6.07, 6.45) is 0.226. The van der Waals surface area contributed by atoms with Crippen LogP contribution in [0.3, 0.4) is 0 Å². The molecular weight excluding hydrogens is 304 g/mol. The predicted molar refractivity (Wildman–Crippen MR) is 93.7 cm³/mol. The van der Waals surface area contributed by atoms with Crippen molar-refractivity contribution in [1.82, 2.24) is 4.90 Å². The average molecular weight is 326 g/mol. The number of nitrogens with zero attached hydrogens (tertiary/aromatic N) is 2. The van der Waals surface area contributed by atoms with Crippen molar-refractivity contribution in [3.05, 3.63) is 42.5 Å². The Kier molecular flexibility index (Phi) is 4.81. The quantitative estimate of drug-likeness (QED) is 0.914. The highest BCUT2D eigenvalue weighted by Gasteiger charge is 2.37. The molecule has 5 heteroatoms. The summed E-state index contributed by atoms with van der Waals surface area (Å²) >= 11 is 0. The van der Waals surface area contributed by atoms with Crippen LogP contribution in [0.2, 0.25) is 0 Å². The monoisotopic (exact) mass is 326 g/mol. The van der Waals surface area contributed by atoms with Gasteiger partial charge < -0.3 is 14.9 Å². The SMILES string of the molecule is CCN(CCO)C(=O)C1CC(=O)N(c2cccc3ccccc23)C1. The number of anilines is 1. The third kappa shape index (κ3) is 2.99. The van der Waals surface area contributed by atoms with Gasteiger partial charge >= 0.3 is 0 Å². The number of rotatable bonds is 5. The molecule has 24 heavy (non-hydrogen) atoms. The van der Waals surface area contributed by atoms with Crippen LogP contribution in [0.5, 0.6) is 0 Å². The Bertz CT molecular complexity index is 754. The maximum Gasteiger partial charge on any atom is 0.228 e. The van der Waals surface area contributed by atoms with Crippen molar-refractivity contribution in [2.45, 2.75) is 13.3 Å². The van der Waals surface area contributed by atoms with Gasteiger partial charge in [0, 0.05) is 31.4 Å². The summed E-state index contributed by atoms with van der Waals surface area (Å²) < 4.78 is 0. The van der Waals surface area contributed by atoms with E-state index in [9.17, 15) is 9.59 Å². The van der Waals surface area contributed by atoms with Gasteiger partial charge in [0.25, 0.3) is 0 Å². The van der Waals surface area contributed by atoms with Crippen LogP contribution in [-0.4, -0.2) is 48.1 Å². The first-order valence-corrected chi connectivity index (χ1v) is 8.33. The molecule has 0 bridgehead atoms. The molecule has 5 nitrogen and oxygen atoms in total. The fourth-order valence-corrected chi connectivity index (χ4v) is 3.35. The van der Waals surface area contributed by atoms with Crippen LogP contribution in [0, 0.1) is 5.92 Å². The molecule has 0 aromatic heterocycles. The molecule has 0 spiro atoms. The summed E-state index contributed by atoms with van der Waals surface area (Å²) in [5.41, 5.74) is 0.860. The molecule has 1 aliphatic rings. The van der Waals surface area contributed by atoms with Crippen LogP contribution < -0.4 is 4.90 Å². The molecule has 0 aliphatic carbocycles. The van der Waals surface area contributed by atoms with Crippen molar-refractivity contribution < 1.29 is 14.7 Å². The molecule has 2 amide bonds. The summed E-state index contributed by atoms with van der Waals surface area (Å²) in [6, 6.07) is 13.8. The van der Waals surface area contributed by atoms with E-state index in [0.29, 0.717) is 19.6 Å². The molecule has 1 saturated heterocycles. The van der Waals surface area contributed by atoms with Crippen LogP contribution in [-0.2, 0) is 9.59 Å². The Morgan fingerprint density at radius 1 is 1.25 bits per heavy atom. The zero-order valence-corrected chi connectivity index (χ0v) is 13.8. The maximum absolute atomic E-state index is 12.6. The number of amides is 2. The molecule has 3 rings (SSSR count). The molecule has 2 aromatic rings. The lowest BCUT2D eigenvalue weighted by Crippen LogP contribution is -2.39. The van der Waals surface area contributed by atoms with E-state index in [-0.39, 0.29) is 30.8 Å². The van der Waals surface area contributed by atoms with Gasteiger partial charge in [-0.2, -0.15) is 0 Å². The zero-order valence-electron chi connectivity index (χ0n) is 13.8. The summed E-state index contributed by atoms with van der Waals surface area (Å²) in [5, 5.41) is 11.2. The largest absolute Gasteiger partial charge is 0.395 e. The topological polar surface area (TPSA) is 60.9 Å². The van der Waals surface area contributed by atoms with Gasteiger partial charge in [-0.3, -0.25) is 9.59 Å². The first kappa shape index (κ1) is 16.5. The minimum Gasteiger partial charge on any atom is -0.395 e. The number of hydrogen-bond donors (Lipinski definition) is 1. The molecule has 1 atom stereocenters. The highest BCUT2D eigenvalue weighted by molar-refractivity contribution is 6.06. The lowest BCUT2D eigenvalue weighted by molar-refractivity contribution is -0.136. The number of carbonyl (C=O) groups excluding carboxylic acids is 2. The Labute approximate surface area is 141 Å². The van der Waals surface area contributed by atoms with Crippen LogP contribution >= 0.6 is 0 Å². The Balaban J connectivity index is 1.86. The Morgan fingerprint density at radius 2 is 2.00 bits per heavy atom. The fourth-order valence-electron chi connectivity index (χ4n) is 3.35. The van der Waals surface area contributed by atoms with E-state index in [2.05, 4.69) is 0 Å². The van der Waals surface area contributed by atoms with Gasteiger partial charge in [-0.25, -0.2) is 0 Å². The van der Waals surface area contributed by atoms with Gasteiger partial charge in [0.2, 0.25) is 11.8 Å². The average Bonchev–Trinajstić information content (AvgIpc) is 3.00. The van der Waals surface area contributed by atoms with Gasteiger partial charge in [0.05, 0.1) is 18.2 Å². The normalized spacial score (nSPS) is 17.5. The first-order valence-electron chi connectivity index (χ1n) is 8.33. The molecule has 1 unspecified atom stereocenters. The Morgan fingerprint density at radius 3 is 2.75 bits per heavy atom. The van der Waals surface area contributed by atoms with Crippen LogP contribution in [0.1, 0.15) is 13.3 Å². The van der Waals surface area contributed by atoms with Gasteiger partial charge in [-0.1, -0.05) is 36.4 Å². The van der Waals surface area contributed by atoms with E-state index in [1.165, 1.54) is 0 Å². The van der Waals surface area contributed by atoms with Crippen LogP contribution in [0.15, 0.2) is 42.5 Å². The second-order valence-corrected chi connectivity index (χ2v) is 6.05. The summed E-state index contributed by atoms with van der Waals surface area (Å²) in [6.45, 7) is 3.07. The highest BCUT2D eigenvalue weighted by atomic mass is 16.3. The number of benzene rings is 2. The van der Waals surface area contributed by atoms with Gasteiger partial charge in [0.1, 0.15) is 0 Å². The molecule has 1 N–H and O–H groups in total. The summed E-state index contributed by atoms with van der Waals surface area (Å²) in [7, 11) is 0. The smallest absolute Gasteiger partial charge is 0.228 e. The van der Waals surface area contributed by atoms with E-state index in [1.54, 1.807) is 9.80 Å². The van der Waals surface area contributed by atoms with E-state index in [4.69, 9.17) is 5.11 Å². The van der Waals surface area contributed by atoms with Gasteiger partial charge in [0.15, 0.2) is 0 Å². The van der Waals surface area contributed by atoms with E-state index in [0.717, 1.165) is 16.5 Å². The van der Waals surface area contributed by atoms with E-state index in [1.807, 2.05) is 49.4 Å². The molecule has 0 saturated carbocycles. The third-order valence-electron chi connectivity index (χ3n) is 4.60. The number of aliphatic hydroxyl groups excluding tert-OH is 1. The third-order valence-corrected chi connectivity index (χ3v) is 4.60. The zero-order chi connectivity index (χ0) is 17.1. The van der Waals surface area contributed by atoms with Crippen molar-refractivity contribution in [3.63, 3.8) is 0 Å². The summed E-state index contributed by atoms with van der Waals surface area (Å²) in [4.78, 5) is 28.4. The number of fused-ring (bicyclic) bond motifs is 1. The summed E-state index contributed by atoms with van der Waals surface area (Å²) in [5.74, 6) is -0.421. The maximum atomic E-state index is 12.6. The number of hydrogen-bond acceptors (Lipinski definition) is 3. The van der Waals surface area contributed by atoms with Crippen LogP contribution in [0.25, 0.3) is 10.8 Å². The van der Waals surface area contributed by atoms with Crippen molar-refractivity contribution >= 4 is 28.3 Å². The van der Waals surface area contributed by atoms with Crippen LogP contribution in [0.4, 0.5) is 5.69 Å². The Hall–Kier alpha value is -2.40. The molecule has 1 heterocycles. The van der Waals surface area contributed by atoms with Crippen molar-refractivity contribution in [1.29, 1.82) is 0 Å². The first-order chi connectivity index (χ1) is 11.7. The number of aliphatic hydroxyl groups is 1. The highest BCUT2D eigenvalue weighted by Crippen LogP contribution is 2.32. The molecule has 2 aromatic carbocycles. The number of likely N-dealkylation sites (N-methyl/N-ethyl adjacent to an activating group) is 1.